The second-order valence-corrected chi connectivity index (χ2v) is 4.68. The standard InChI is InChI=1S/C16H12N2O2/c17-10-13-3-1-2-4-14(13)18-8-7-11-9-12(16(19)20)5-6-15(11)18/h1-6,9H,7-8H2,(H,19,20). The highest BCUT2D eigenvalue weighted by atomic mass is 16.4. The van der Waals surface area contributed by atoms with Crippen molar-refractivity contribution >= 4 is 17.3 Å². The number of nitriles is 1. The van der Waals surface area contributed by atoms with Gasteiger partial charge < -0.3 is 10.0 Å². The lowest BCUT2D eigenvalue weighted by Crippen LogP contribution is -2.14. The Bertz CT molecular complexity index is 731. The van der Waals surface area contributed by atoms with Gasteiger partial charge in [0.1, 0.15) is 6.07 Å². The minimum absolute atomic E-state index is 0.305. The molecule has 1 aliphatic heterocycles. The predicted octanol–water partition coefficient (Wildman–Crippen LogP) is 2.95. The van der Waals surface area contributed by atoms with E-state index in [4.69, 9.17) is 5.11 Å². The average Bonchev–Trinajstić information content (AvgIpc) is 2.89. The monoisotopic (exact) mass is 264 g/mol. The molecule has 1 N–H and O–H groups in total. The van der Waals surface area contributed by atoms with Crippen LogP contribution in [0.2, 0.25) is 0 Å². The number of hydrogen-bond donors (Lipinski definition) is 1. The van der Waals surface area contributed by atoms with E-state index in [9.17, 15) is 10.1 Å². The molecule has 0 atom stereocenters. The number of nitrogens with zero attached hydrogens (tertiary/aromatic N) is 2. The minimum Gasteiger partial charge on any atom is -0.478 e. The molecule has 4 nitrogen and oxygen atoms in total. The van der Waals surface area contributed by atoms with Crippen LogP contribution in [0.15, 0.2) is 42.5 Å². The fraction of sp³-hybridized carbons (Fsp3) is 0.125. The van der Waals surface area contributed by atoms with Crippen LogP contribution in [0, 0.1) is 11.3 Å². The first kappa shape index (κ1) is 12.2. The molecule has 98 valence electrons. The van der Waals surface area contributed by atoms with Gasteiger partial charge in [0.2, 0.25) is 0 Å². The van der Waals surface area contributed by atoms with Crippen LogP contribution < -0.4 is 4.90 Å². The van der Waals surface area contributed by atoms with E-state index in [0.29, 0.717) is 11.1 Å². The summed E-state index contributed by atoms with van der Waals surface area (Å²) in [5, 5.41) is 18.2. The summed E-state index contributed by atoms with van der Waals surface area (Å²) < 4.78 is 0. The molecule has 2 aromatic rings. The van der Waals surface area contributed by atoms with Crippen molar-refractivity contribution in [3.8, 4) is 6.07 Å². The molecule has 0 amide bonds. The van der Waals surface area contributed by atoms with Gasteiger partial charge in [0.15, 0.2) is 0 Å². The summed E-state index contributed by atoms with van der Waals surface area (Å²) in [6.07, 6.45) is 0.788. The number of carbonyl (C=O) groups is 1. The maximum absolute atomic E-state index is 11.0. The van der Waals surface area contributed by atoms with Crippen molar-refractivity contribution in [1.29, 1.82) is 5.26 Å². The summed E-state index contributed by atoms with van der Waals surface area (Å²) in [5.74, 6) is -0.913. The molecule has 0 saturated carbocycles. The molecule has 0 radical (unpaired) electrons. The molecule has 0 spiro atoms. The quantitative estimate of drug-likeness (QED) is 0.905. The van der Waals surface area contributed by atoms with Crippen molar-refractivity contribution in [3.63, 3.8) is 0 Å². The first-order chi connectivity index (χ1) is 9.70. The lowest BCUT2D eigenvalue weighted by atomic mass is 10.1. The normalized spacial score (nSPS) is 12.8. The van der Waals surface area contributed by atoms with Gasteiger partial charge in [-0.2, -0.15) is 5.26 Å². The van der Waals surface area contributed by atoms with E-state index in [1.54, 1.807) is 18.2 Å². The van der Waals surface area contributed by atoms with Crippen LogP contribution in [0.25, 0.3) is 0 Å². The van der Waals surface area contributed by atoms with Gasteiger partial charge in [0.25, 0.3) is 0 Å². The van der Waals surface area contributed by atoms with Gasteiger partial charge in [-0.25, -0.2) is 4.79 Å². The van der Waals surface area contributed by atoms with Crippen LogP contribution >= 0.6 is 0 Å². The predicted molar refractivity (Wildman–Crippen MR) is 75.3 cm³/mol. The van der Waals surface area contributed by atoms with E-state index in [1.165, 1.54) is 0 Å². The lowest BCUT2D eigenvalue weighted by Gasteiger charge is -2.20. The number of aromatic carboxylic acids is 1. The van der Waals surface area contributed by atoms with Gasteiger partial charge >= 0.3 is 5.97 Å². The molecule has 0 aliphatic carbocycles. The van der Waals surface area contributed by atoms with Crippen LogP contribution in [-0.4, -0.2) is 17.6 Å². The Hall–Kier alpha value is -2.80. The summed E-state index contributed by atoms with van der Waals surface area (Å²) in [6.45, 7) is 0.761. The van der Waals surface area contributed by atoms with E-state index < -0.39 is 5.97 Å². The number of carboxylic acid groups (broad SMARTS) is 1. The van der Waals surface area contributed by atoms with Crippen molar-refractivity contribution < 1.29 is 9.90 Å². The number of carboxylic acids is 1. The fourth-order valence-corrected chi connectivity index (χ4v) is 2.59. The second kappa shape index (κ2) is 4.71. The highest BCUT2D eigenvalue weighted by Crippen LogP contribution is 2.36. The van der Waals surface area contributed by atoms with Gasteiger partial charge in [-0.15, -0.1) is 0 Å². The van der Waals surface area contributed by atoms with Gasteiger partial charge in [-0.1, -0.05) is 12.1 Å². The van der Waals surface area contributed by atoms with Gasteiger partial charge in [-0.3, -0.25) is 0 Å². The number of fused-ring (bicyclic) bond motifs is 1. The Balaban J connectivity index is 2.06. The molecule has 2 aromatic carbocycles. The molecule has 0 unspecified atom stereocenters. The molecule has 0 saturated heterocycles. The van der Waals surface area contributed by atoms with Gasteiger partial charge in [0, 0.05) is 12.2 Å². The van der Waals surface area contributed by atoms with Crippen molar-refractivity contribution in [2.24, 2.45) is 0 Å². The van der Waals surface area contributed by atoms with Crippen molar-refractivity contribution in [1.82, 2.24) is 0 Å². The molecule has 3 rings (SSSR count). The number of anilines is 2. The zero-order valence-corrected chi connectivity index (χ0v) is 10.7. The van der Waals surface area contributed by atoms with Crippen LogP contribution in [0.1, 0.15) is 21.5 Å². The summed E-state index contributed by atoms with van der Waals surface area (Å²) in [4.78, 5) is 13.1. The Kier molecular flexibility index (Phi) is 2.88. The van der Waals surface area contributed by atoms with E-state index in [1.807, 2.05) is 24.3 Å². The van der Waals surface area contributed by atoms with Crippen LogP contribution in [0.5, 0.6) is 0 Å². The lowest BCUT2D eigenvalue weighted by molar-refractivity contribution is 0.0697. The highest BCUT2D eigenvalue weighted by molar-refractivity contribution is 5.89. The zero-order valence-electron chi connectivity index (χ0n) is 10.7. The second-order valence-electron chi connectivity index (χ2n) is 4.68. The summed E-state index contributed by atoms with van der Waals surface area (Å²) in [7, 11) is 0. The molecule has 4 heteroatoms. The third-order valence-corrected chi connectivity index (χ3v) is 3.54. The van der Waals surface area contributed by atoms with E-state index in [0.717, 1.165) is 29.9 Å². The average molecular weight is 264 g/mol. The van der Waals surface area contributed by atoms with Crippen molar-refractivity contribution in [2.45, 2.75) is 6.42 Å². The Labute approximate surface area is 116 Å². The van der Waals surface area contributed by atoms with E-state index >= 15 is 0 Å². The maximum atomic E-state index is 11.0. The van der Waals surface area contributed by atoms with Crippen molar-refractivity contribution in [2.75, 3.05) is 11.4 Å². The molecule has 1 aliphatic rings. The number of hydrogen-bond acceptors (Lipinski definition) is 3. The maximum Gasteiger partial charge on any atom is 0.335 e. The van der Waals surface area contributed by atoms with Gasteiger partial charge in [-0.05, 0) is 42.3 Å². The molecule has 0 aromatic heterocycles. The molecule has 0 fully saturated rings. The summed E-state index contributed by atoms with van der Waals surface area (Å²) in [5.41, 5.74) is 3.80. The first-order valence-corrected chi connectivity index (χ1v) is 6.33. The third kappa shape index (κ3) is 1.90. The molecular formula is C16H12N2O2. The zero-order chi connectivity index (χ0) is 14.1. The smallest absolute Gasteiger partial charge is 0.335 e. The number of rotatable bonds is 2. The fourth-order valence-electron chi connectivity index (χ4n) is 2.59. The Morgan fingerprint density at radius 3 is 2.75 bits per heavy atom. The number of para-hydroxylation sites is 1. The SMILES string of the molecule is N#Cc1ccccc1N1CCc2cc(C(=O)O)ccc21. The molecule has 1 heterocycles. The minimum atomic E-state index is -0.913. The Morgan fingerprint density at radius 2 is 2.00 bits per heavy atom. The Morgan fingerprint density at radius 1 is 1.20 bits per heavy atom. The number of benzene rings is 2. The van der Waals surface area contributed by atoms with Crippen molar-refractivity contribution in [3.05, 3.63) is 59.2 Å². The van der Waals surface area contributed by atoms with E-state index in [-0.39, 0.29) is 0 Å². The highest BCUT2D eigenvalue weighted by Gasteiger charge is 2.23. The first-order valence-electron chi connectivity index (χ1n) is 6.33. The van der Waals surface area contributed by atoms with Crippen LogP contribution in [-0.2, 0) is 6.42 Å². The molecular weight excluding hydrogens is 252 g/mol. The van der Waals surface area contributed by atoms with Gasteiger partial charge in [0.05, 0.1) is 16.8 Å². The van der Waals surface area contributed by atoms with Crippen LogP contribution in [0.4, 0.5) is 11.4 Å². The largest absolute Gasteiger partial charge is 0.478 e. The molecule has 0 bridgehead atoms. The summed E-state index contributed by atoms with van der Waals surface area (Å²) in [6, 6.07) is 14.8. The molecule has 20 heavy (non-hydrogen) atoms. The third-order valence-electron chi connectivity index (χ3n) is 3.54. The van der Waals surface area contributed by atoms with E-state index in [2.05, 4.69) is 11.0 Å². The van der Waals surface area contributed by atoms with Crippen LogP contribution in [0.3, 0.4) is 0 Å². The topological polar surface area (TPSA) is 64.3 Å². The summed E-state index contributed by atoms with van der Waals surface area (Å²) >= 11 is 0.